The van der Waals surface area contributed by atoms with E-state index in [0.717, 1.165) is 0 Å². The third kappa shape index (κ3) is 2.10. The number of para-hydroxylation sites is 2. The number of carboxylic acids is 1. The van der Waals surface area contributed by atoms with Crippen molar-refractivity contribution in [2.45, 2.75) is 0 Å². The number of carboxylic acid groups (broad SMARTS) is 1. The Hall–Kier alpha value is -3.22. The number of nitro benzene ring substituents is 1. The van der Waals surface area contributed by atoms with E-state index in [1.54, 1.807) is 18.2 Å². The zero-order chi connectivity index (χ0) is 15.0. The van der Waals surface area contributed by atoms with Gasteiger partial charge in [0.1, 0.15) is 6.33 Å². The maximum Gasteiger partial charge on any atom is 0.337 e. The Balaban J connectivity index is 2.31. The number of fused-ring (bicyclic) bond motifs is 1. The summed E-state index contributed by atoms with van der Waals surface area (Å²) >= 11 is 0. The molecule has 2 aromatic carbocycles. The predicted octanol–water partition coefficient (Wildman–Crippen LogP) is 2.63. The molecule has 21 heavy (non-hydrogen) atoms. The van der Waals surface area contributed by atoms with Crippen molar-refractivity contribution < 1.29 is 14.8 Å². The molecule has 0 saturated carbocycles. The lowest BCUT2D eigenvalue weighted by molar-refractivity contribution is -0.384. The molecule has 0 unspecified atom stereocenters. The Bertz CT molecular complexity index is 870. The van der Waals surface area contributed by atoms with Crippen LogP contribution in [0.4, 0.5) is 5.69 Å². The first kappa shape index (κ1) is 12.8. The molecule has 3 rings (SSSR count). The van der Waals surface area contributed by atoms with Crippen LogP contribution in [0.1, 0.15) is 10.4 Å². The fourth-order valence-corrected chi connectivity index (χ4v) is 2.16. The summed E-state index contributed by atoms with van der Waals surface area (Å²) in [6, 6.07) is 10.8. The molecule has 0 aliphatic rings. The van der Waals surface area contributed by atoms with E-state index in [-0.39, 0.29) is 16.9 Å². The monoisotopic (exact) mass is 283 g/mol. The van der Waals surface area contributed by atoms with E-state index in [0.29, 0.717) is 11.0 Å². The van der Waals surface area contributed by atoms with Crippen LogP contribution in [0.25, 0.3) is 16.7 Å². The highest BCUT2D eigenvalue weighted by Gasteiger charge is 2.18. The molecule has 0 aliphatic heterocycles. The number of carbonyl (C=O) groups is 1. The van der Waals surface area contributed by atoms with Gasteiger partial charge in [-0.2, -0.15) is 0 Å². The molecule has 1 N–H and O–H groups in total. The van der Waals surface area contributed by atoms with Crippen LogP contribution >= 0.6 is 0 Å². The van der Waals surface area contributed by atoms with Crippen molar-refractivity contribution in [3.8, 4) is 5.69 Å². The van der Waals surface area contributed by atoms with Gasteiger partial charge >= 0.3 is 5.97 Å². The van der Waals surface area contributed by atoms with E-state index in [4.69, 9.17) is 0 Å². The molecule has 3 aromatic rings. The summed E-state index contributed by atoms with van der Waals surface area (Å²) in [5.74, 6) is -1.15. The minimum Gasteiger partial charge on any atom is -0.478 e. The van der Waals surface area contributed by atoms with Gasteiger partial charge < -0.3 is 5.11 Å². The average Bonchev–Trinajstić information content (AvgIpc) is 2.90. The molecule has 7 heteroatoms. The van der Waals surface area contributed by atoms with Gasteiger partial charge in [0.25, 0.3) is 5.69 Å². The van der Waals surface area contributed by atoms with E-state index in [1.165, 1.54) is 29.1 Å². The third-order valence-corrected chi connectivity index (χ3v) is 3.14. The molecular weight excluding hydrogens is 274 g/mol. The number of nitrogens with zero attached hydrogens (tertiary/aromatic N) is 3. The summed E-state index contributed by atoms with van der Waals surface area (Å²) in [5.41, 5.74) is 1.38. The Morgan fingerprint density at radius 2 is 2.00 bits per heavy atom. The second-order valence-electron chi connectivity index (χ2n) is 4.37. The molecule has 0 spiro atoms. The molecule has 0 fully saturated rings. The van der Waals surface area contributed by atoms with Crippen molar-refractivity contribution in [2.75, 3.05) is 0 Å². The van der Waals surface area contributed by atoms with Gasteiger partial charge in [0, 0.05) is 12.1 Å². The van der Waals surface area contributed by atoms with Gasteiger partial charge in [-0.3, -0.25) is 14.7 Å². The highest BCUT2D eigenvalue weighted by Crippen LogP contribution is 2.25. The van der Waals surface area contributed by atoms with Gasteiger partial charge in [0.15, 0.2) is 0 Å². The Morgan fingerprint density at radius 1 is 1.24 bits per heavy atom. The molecule has 0 amide bonds. The molecule has 1 heterocycles. The summed E-state index contributed by atoms with van der Waals surface area (Å²) in [6.45, 7) is 0. The van der Waals surface area contributed by atoms with Gasteiger partial charge in [-0.15, -0.1) is 0 Å². The summed E-state index contributed by atoms with van der Waals surface area (Å²) in [5, 5.41) is 20.2. The van der Waals surface area contributed by atoms with Crippen LogP contribution in [-0.4, -0.2) is 25.6 Å². The fraction of sp³-hybridized carbons (Fsp3) is 0. The number of non-ortho nitro benzene ring substituents is 1. The van der Waals surface area contributed by atoms with Crippen molar-refractivity contribution in [1.29, 1.82) is 0 Å². The first-order valence-electron chi connectivity index (χ1n) is 6.02. The minimum absolute atomic E-state index is 0.0243. The number of nitro groups is 1. The molecule has 1 aromatic heterocycles. The third-order valence-electron chi connectivity index (χ3n) is 3.14. The lowest BCUT2D eigenvalue weighted by Gasteiger charge is -2.08. The molecule has 7 nitrogen and oxygen atoms in total. The first-order valence-corrected chi connectivity index (χ1v) is 6.02. The van der Waals surface area contributed by atoms with Gasteiger partial charge in [-0.1, -0.05) is 12.1 Å². The standard InChI is InChI=1S/C14H9N3O4/c18-14(19)10-6-5-9(17(20)21)7-13(10)16-8-15-11-3-1-2-4-12(11)16/h1-8H,(H,18,19). The zero-order valence-electron chi connectivity index (χ0n) is 10.6. The topological polar surface area (TPSA) is 98.3 Å². The largest absolute Gasteiger partial charge is 0.478 e. The molecule has 0 bridgehead atoms. The van der Waals surface area contributed by atoms with E-state index >= 15 is 0 Å². The smallest absolute Gasteiger partial charge is 0.337 e. The summed E-state index contributed by atoms with van der Waals surface area (Å²) in [4.78, 5) is 25.8. The van der Waals surface area contributed by atoms with Crippen LogP contribution in [0.3, 0.4) is 0 Å². The van der Waals surface area contributed by atoms with Gasteiger partial charge in [0.05, 0.1) is 27.2 Å². The number of hydrogen-bond donors (Lipinski definition) is 1. The SMILES string of the molecule is O=C(O)c1ccc([N+](=O)[O-])cc1-n1cnc2ccccc21. The number of benzene rings is 2. The van der Waals surface area contributed by atoms with Crippen molar-refractivity contribution in [2.24, 2.45) is 0 Å². The summed E-state index contributed by atoms with van der Waals surface area (Å²) in [7, 11) is 0. The first-order chi connectivity index (χ1) is 10.1. The van der Waals surface area contributed by atoms with Crippen LogP contribution in [0.2, 0.25) is 0 Å². The number of hydrogen-bond acceptors (Lipinski definition) is 4. The van der Waals surface area contributed by atoms with Crippen LogP contribution in [0, 0.1) is 10.1 Å². The quantitative estimate of drug-likeness (QED) is 0.588. The highest BCUT2D eigenvalue weighted by atomic mass is 16.6. The van der Waals surface area contributed by atoms with Crippen LogP contribution in [-0.2, 0) is 0 Å². The van der Waals surface area contributed by atoms with E-state index < -0.39 is 10.9 Å². The second-order valence-corrected chi connectivity index (χ2v) is 4.37. The Kier molecular flexibility index (Phi) is 2.87. The van der Waals surface area contributed by atoms with E-state index in [2.05, 4.69) is 4.98 Å². The number of imidazole rings is 1. The molecule has 104 valence electrons. The Morgan fingerprint density at radius 3 is 2.71 bits per heavy atom. The lowest BCUT2D eigenvalue weighted by atomic mass is 10.1. The van der Waals surface area contributed by atoms with Crippen LogP contribution in [0.15, 0.2) is 48.8 Å². The lowest BCUT2D eigenvalue weighted by Crippen LogP contribution is -2.05. The zero-order valence-corrected chi connectivity index (χ0v) is 10.6. The maximum atomic E-state index is 11.3. The molecule has 0 saturated heterocycles. The molecule has 0 radical (unpaired) electrons. The Labute approximate surface area is 118 Å². The summed E-state index contributed by atoms with van der Waals surface area (Å²) < 4.78 is 1.53. The van der Waals surface area contributed by atoms with Crippen molar-refractivity contribution in [3.05, 3.63) is 64.5 Å². The van der Waals surface area contributed by atoms with E-state index in [1.807, 2.05) is 6.07 Å². The fourth-order valence-electron chi connectivity index (χ4n) is 2.16. The van der Waals surface area contributed by atoms with Crippen molar-refractivity contribution in [1.82, 2.24) is 9.55 Å². The van der Waals surface area contributed by atoms with Crippen LogP contribution < -0.4 is 0 Å². The number of aromatic carboxylic acids is 1. The van der Waals surface area contributed by atoms with E-state index in [9.17, 15) is 20.0 Å². The van der Waals surface area contributed by atoms with Gasteiger partial charge in [-0.25, -0.2) is 9.78 Å². The minimum atomic E-state index is -1.15. The molecular formula is C14H9N3O4. The number of aromatic nitrogens is 2. The highest BCUT2D eigenvalue weighted by molar-refractivity contribution is 5.93. The normalized spacial score (nSPS) is 10.7. The molecule has 0 aliphatic carbocycles. The van der Waals surface area contributed by atoms with Gasteiger partial charge in [-0.05, 0) is 18.2 Å². The maximum absolute atomic E-state index is 11.3. The van der Waals surface area contributed by atoms with Crippen molar-refractivity contribution in [3.63, 3.8) is 0 Å². The second kappa shape index (κ2) is 4.71. The van der Waals surface area contributed by atoms with Gasteiger partial charge in [0.2, 0.25) is 0 Å². The number of rotatable bonds is 3. The summed E-state index contributed by atoms with van der Waals surface area (Å²) in [6.07, 6.45) is 1.45. The predicted molar refractivity (Wildman–Crippen MR) is 74.7 cm³/mol. The van der Waals surface area contributed by atoms with Crippen molar-refractivity contribution >= 4 is 22.7 Å². The molecule has 0 atom stereocenters. The average molecular weight is 283 g/mol. The van der Waals surface area contributed by atoms with Crippen LogP contribution in [0.5, 0.6) is 0 Å².